The Labute approximate surface area is 125 Å². The van der Waals surface area contributed by atoms with Gasteiger partial charge in [0, 0.05) is 5.69 Å². The van der Waals surface area contributed by atoms with Crippen molar-refractivity contribution in [2.45, 2.75) is 13.5 Å². The Hall–Kier alpha value is -2.34. The van der Waals surface area contributed by atoms with Gasteiger partial charge in [0.05, 0.1) is 19.2 Å². The first-order valence-corrected chi connectivity index (χ1v) is 7.40. The summed E-state index contributed by atoms with van der Waals surface area (Å²) in [6.45, 7) is 2.45. The molecule has 0 spiro atoms. The molecule has 0 unspecified atom stereocenters. The van der Waals surface area contributed by atoms with Gasteiger partial charge >= 0.3 is 0 Å². The van der Waals surface area contributed by atoms with Gasteiger partial charge in [-0.15, -0.1) is 11.3 Å². The van der Waals surface area contributed by atoms with E-state index in [1.807, 2.05) is 36.6 Å². The zero-order chi connectivity index (χ0) is 14.8. The fourth-order valence-electron chi connectivity index (χ4n) is 2.18. The number of aromatic nitrogens is 2. The average Bonchev–Trinajstić information content (AvgIpc) is 2.94. The number of hydrogen-bond donors (Lipinski definition) is 2. The lowest BCUT2D eigenvalue weighted by Crippen LogP contribution is -2.13. The highest BCUT2D eigenvalue weighted by Gasteiger charge is 2.05. The minimum atomic E-state index is -0.0855. The predicted molar refractivity (Wildman–Crippen MR) is 85.3 cm³/mol. The minimum absolute atomic E-state index is 0.0855. The summed E-state index contributed by atoms with van der Waals surface area (Å²) >= 11 is 1.40. The van der Waals surface area contributed by atoms with Crippen molar-refractivity contribution in [2.75, 3.05) is 12.4 Å². The highest BCUT2D eigenvalue weighted by atomic mass is 32.1. The largest absolute Gasteiger partial charge is 0.496 e. The molecule has 5 nitrogen and oxygen atoms in total. The van der Waals surface area contributed by atoms with Crippen molar-refractivity contribution < 1.29 is 4.74 Å². The molecular formula is C15H15N3O2S. The van der Waals surface area contributed by atoms with Gasteiger partial charge in [0.1, 0.15) is 16.3 Å². The van der Waals surface area contributed by atoms with Crippen LogP contribution in [-0.2, 0) is 6.54 Å². The summed E-state index contributed by atoms with van der Waals surface area (Å²) in [5, 5.41) is 5.12. The quantitative estimate of drug-likeness (QED) is 0.777. The minimum Gasteiger partial charge on any atom is -0.496 e. The molecule has 0 atom stereocenters. The van der Waals surface area contributed by atoms with Gasteiger partial charge in [0.15, 0.2) is 0 Å². The van der Waals surface area contributed by atoms with Crippen LogP contribution in [0.3, 0.4) is 0 Å². The first-order chi connectivity index (χ1) is 10.2. The van der Waals surface area contributed by atoms with Crippen LogP contribution in [0.5, 0.6) is 5.75 Å². The maximum atomic E-state index is 11.9. The van der Waals surface area contributed by atoms with Gasteiger partial charge in [-0.05, 0) is 42.1 Å². The van der Waals surface area contributed by atoms with Crippen molar-refractivity contribution in [1.29, 1.82) is 0 Å². The molecule has 0 bridgehead atoms. The number of H-pyrrole nitrogens is 1. The van der Waals surface area contributed by atoms with Gasteiger partial charge in [0.25, 0.3) is 5.56 Å². The molecule has 2 aromatic heterocycles. The van der Waals surface area contributed by atoms with Crippen LogP contribution in [-0.4, -0.2) is 17.1 Å². The van der Waals surface area contributed by atoms with E-state index in [9.17, 15) is 4.79 Å². The lowest BCUT2D eigenvalue weighted by atomic mass is 10.2. The average molecular weight is 301 g/mol. The molecule has 0 radical (unpaired) electrons. The van der Waals surface area contributed by atoms with Crippen LogP contribution in [0.2, 0.25) is 0 Å². The Morgan fingerprint density at radius 2 is 2.24 bits per heavy atom. The molecule has 0 aliphatic heterocycles. The van der Waals surface area contributed by atoms with Gasteiger partial charge in [-0.1, -0.05) is 0 Å². The van der Waals surface area contributed by atoms with Crippen LogP contribution < -0.4 is 15.6 Å². The monoisotopic (exact) mass is 301 g/mol. The lowest BCUT2D eigenvalue weighted by Gasteiger charge is -2.09. The zero-order valence-electron chi connectivity index (χ0n) is 11.8. The summed E-state index contributed by atoms with van der Waals surface area (Å²) in [6, 6.07) is 7.71. The van der Waals surface area contributed by atoms with Crippen molar-refractivity contribution in [3.8, 4) is 5.75 Å². The number of aromatic amines is 1. The predicted octanol–water partition coefficient (Wildman–Crippen LogP) is 2.91. The number of anilines is 1. The standard InChI is InChI=1S/C15H15N3O2S/c1-9-7-10(3-4-12(9)20-2)16-8-13-17-11-5-6-21-14(11)15(19)18-13/h3-7,16H,8H2,1-2H3,(H,17,18,19). The number of thiophene rings is 1. The maximum absolute atomic E-state index is 11.9. The summed E-state index contributed by atoms with van der Waals surface area (Å²) in [6.07, 6.45) is 0. The third kappa shape index (κ3) is 2.75. The number of hydrogen-bond acceptors (Lipinski definition) is 5. The molecule has 1 aromatic carbocycles. The molecule has 0 aliphatic carbocycles. The van der Waals surface area contributed by atoms with Gasteiger partial charge in [-0.3, -0.25) is 4.79 Å². The topological polar surface area (TPSA) is 67.0 Å². The number of rotatable bonds is 4. The van der Waals surface area contributed by atoms with Crippen LogP contribution >= 0.6 is 11.3 Å². The van der Waals surface area contributed by atoms with E-state index in [4.69, 9.17) is 4.74 Å². The molecule has 0 amide bonds. The van der Waals surface area contributed by atoms with Crippen molar-refractivity contribution >= 4 is 27.2 Å². The second-order valence-electron chi connectivity index (χ2n) is 4.69. The van der Waals surface area contributed by atoms with Crippen molar-refractivity contribution in [3.63, 3.8) is 0 Å². The fourth-order valence-corrected chi connectivity index (χ4v) is 2.91. The number of nitrogens with zero attached hydrogens (tertiary/aromatic N) is 1. The second kappa shape index (κ2) is 5.57. The van der Waals surface area contributed by atoms with Crippen molar-refractivity contribution in [3.05, 3.63) is 51.4 Å². The summed E-state index contributed by atoms with van der Waals surface area (Å²) in [4.78, 5) is 19.1. The Morgan fingerprint density at radius 1 is 1.38 bits per heavy atom. The Kier molecular flexibility index (Phi) is 3.62. The third-order valence-electron chi connectivity index (χ3n) is 3.22. The molecule has 0 saturated carbocycles. The van der Waals surface area contributed by atoms with Gasteiger partial charge in [-0.2, -0.15) is 0 Å². The molecule has 0 saturated heterocycles. The van der Waals surface area contributed by atoms with E-state index in [0.29, 0.717) is 17.1 Å². The van der Waals surface area contributed by atoms with E-state index in [2.05, 4.69) is 15.3 Å². The first kappa shape index (κ1) is 13.6. The van der Waals surface area contributed by atoms with E-state index in [-0.39, 0.29) is 5.56 Å². The fraction of sp³-hybridized carbons (Fsp3) is 0.200. The number of nitrogens with one attached hydrogen (secondary N) is 2. The molecule has 108 valence electrons. The smallest absolute Gasteiger partial charge is 0.268 e. The van der Waals surface area contributed by atoms with E-state index < -0.39 is 0 Å². The molecular weight excluding hydrogens is 286 g/mol. The molecule has 0 aliphatic rings. The number of benzene rings is 1. The molecule has 2 N–H and O–H groups in total. The summed E-state index contributed by atoms with van der Waals surface area (Å²) < 4.78 is 5.90. The van der Waals surface area contributed by atoms with Gasteiger partial charge in [0.2, 0.25) is 0 Å². The van der Waals surface area contributed by atoms with Gasteiger partial charge in [-0.25, -0.2) is 4.98 Å². The van der Waals surface area contributed by atoms with E-state index in [0.717, 1.165) is 22.5 Å². The highest BCUT2D eigenvalue weighted by molar-refractivity contribution is 7.17. The Balaban J connectivity index is 1.80. The van der Waals surface area contributed by atoms with Crippen LogP contribution in [0.15, 0.2) is 34.4 Å². The molecule has 6 heteroatoms. The molecule has 3 aromatic rings. The Bertz CT molecular complexity index is 838. The number of methoxy groups -OCH3 is 1. The molecule has 21 heavy (non-hydrogen) atoms. The van der Waals surface area contributed by atoms with Crippen molar-refractivity contribution in [1.82, 2.24) is 9.97 Å². The van der Waals surface area contributed by atoms with Crippen LogP contribution in [0.4, 0.5) is 5.69 Å². The summed E-state index contributed by atoms with van der Waals surface area (Å²) in [5.74, 6) is 1.48. The molecule has 0 fully saturated rings. The number of fused-ring (bicyclic) bond motifs is 1. The summed E-state index contributed by atoms with van der Waals surface area (Å²) in [7, 11) is 1.65. The van der Waals surface area contributed by atoms with E-state index in [1.165, 1.54) is 11.3 Å². The van der Waals surface area contributed by atoms with Crippen LogP contribution in [0.1, 0.15) is 11.4 Å². The zero-order valence-corrected chi connectivity index (χ0v) is 12.6. The second-order valence-corrected chi connectivity index (χ2v) is 5.60. The summed E-state index contributed by atoms with van der Waals surface area (Å²) in [5.41, 5.74) is 2.67. The van der Waals surface area contributed by atoms with Gasteiger partial charge < -0.3 is 15.0 Å². The maximum Gasteiger partial charge on any atom is 0.268 e. The SMILES string of the molecule is COc1ccc(NCc2nc3ccsc3c(=O)[nH]2)cc1C. The lowest BCUT2D eigenvalue weighted by molar-refractivity contribution is 0.412. The first-order valence-electron chi connectivity index (χ1n) is 6.52. The van der Waals surface area contributed by atoms with E-state index in [1.54, 1.807) is 7.11 Å². The molecule has 3 rings (SSSR count). The number of aryl methyl sites for hydroxylation is 1. The van der Waals surface area contributed by atoms with E-state index >= 15 is 0 Å². The van der Waals surface area contributed by atoms with Crippen molar-refractivity contribution in [2.24, 2.45) is 0 Å². The van der Waals surface area contributed by atoms with Crippen LogP contribution in [0.25, 0.3) is 10.2 Å². The van der Waals surface area contributed by atoms with Crippen LogP contribution in [0, 0.1) is 6.92 Å². The molecule has 2 heterocycles. The normalized spacial score (nSPS) is 10.8. The Morgan fingerprint density at radius 3 is 3.00 bits per heavy atom. The third-order valence-corrected chi connectivity index (χ3v) is 4.12. The highest BCUT2D eigenvalue weighted by Crippen LogP contribution is 2.21. The number of ether oxygens (including phenoxy) is 1.